The lowest BCUT2D eigenvalue weighted by atomic mass is 9.91. The van der Waals surface area contributed by atoms with Crippen molar-refractivity contribution in [2.45, 2.75) is 12.5 Å². The minimum atomic E-state index is -0.546. The molecule has 0 saturated heterocycles. The van der Waals surface area contributed by atoms with Gasteiger partial charge >= 0.3 is 0 Å². The summed E-state index contributed by atoms with van der Waals surface area (Å²) >= 11 is 0. The second-order valence-corrected chi connectivity index (χ2v) is 7.93. The predicted molar refractivity (Wildman–Crippen MR) is 133 cm³/mol. The van der Waals surface area contributed by atoms with Gasteiger partial charge in [-0.05, 0) is 41.0 Å². The maximum atomic E-state index is 13.0. The van der Waals surface area contributed by atoms with Gasteiger partial charge in [0.05, 0.1) is 5.56 Å². The average Bonchev–Trinajstić information content (AvgIpc) is 2.89. The number of para-hydroxylation sites is 1. The Bertz CT molecular complexity index is 1220. The number of hydrogen-bond acceptors (Lipinski definition) is 3. The highest BCUT2D eigenvalue weighted by Crippen LogP contribution is 2.24. The average molecular weight is 451 g/mol. The molecule has 4 aromatic rings. The van der Waals surface area contributed by atoms with E-state index in [1.165, 1.54) is 0 Å². The molecule has 0 aliphatic heterocycles. The van der Waals surface area contributed by atoms with Crippen LogP contribution in [0.2, 0.25) is 0 Å². The molecule has 0 unspecified atom stereocenters. The maximum absolute atomic E-state index is 13.0. The van der Waals surface area contributed by atoms with Crippen molar-refractivity contribution in [1.82, 2.24) is 5.32 Å². The molecule has 4 rings (SSSR count). The van der Waals surface area contributed by atoms with Gasteiger partial charge in [-0.25, -0.2) is 0 Å². The lowest BCUT2D eigenvalue weighted by Crippen LogP contribution is -2.29. The number of rotatable bonds is 9. The fraction of sp³-hybridized carbons (Fsp3) is 0.103. The zero-order valence-electron chi connectivity index (χ0n) is 18.7. The Labute approximate surface area is 199 Å². The van der Waals surface area contributed by atoms with E-state index in [-0.39, 0.29) is 18.4 Å². The Hall–Kier alpha value is -4.38. The van der Waals surface area contributed by atoms with Gasteiger partial charge in [-0.3, -0.25) is 9.59 Å². The van der Waals surface area contributed by atoms with Gasteiger partial charge < -0.3 is 15.8 Å². The maximum Gasteiger partial charge on any atom is 0.252 e. The van der Waals surface area contributed by atoms with Crippen molar-refractivity contribution in [3.05, 3.63) is 137 Å². The predicted octanol–water partition coefficient (Wildman–Crippen LogP) is 4.93. The van der Waals surface area contributed by atoms with Crippen LogP contribution in [0.5, 0.6) is 5.75 Å². The summed E-state index contributed by atoms with van der Waals surface area (Å²) in [5, 5.41) is 3.08. The lowest BCUT2D eigenvalue weighted by molar-refractivity contribution is 0.0951. The summed E-state index contributed by atoms with van der Waals surface area (Å²) in [6.07, 6.45) is 0. The number of primary amides is 1. The zero-order valence-corrected chi connectivity index (χ0v) is 18.7. The summed E-state index contributed by atoms with van der Waals surface area (Å²) in [5.74, 6) is -0.243. The molecule has 4 aromatic carbocycles. The van der Waals surface area contributed by atoms with E-state index in [9.17, 15) is 9.59 Å². The van der Waals surface area contributed by atoms with E-state index in [1.54, 1.807) is 36.4 Å². The molecule has 0 atom stereocenters. The summed E-state index contributed by atoms with van der Waals surface area (Å²) in [6, 6.07) is 34.4. The molecule has 2 amide bonds. The molecular weight excluding hydrogens is 424 g/mol. The van der Waals surface area contributed by atoms with E-state index in [0.717, 1.165) is 16.7 Å². The second-order valence-electron chi connectivity index (χ2n) is 7.93. The molecule has 0 aromatic heterocycles. The van der Waals surface area contributed by atoms with Crippen LogP contribution in [-0.2, 0) is 6.61 Å². The van der Waals surface area contributed by atoms with Crippen molar-refractivity contribution in [2.75, 3.05) is 6.54 Å². The summed E-state index contributed by atoms with van der Waals surface area (Å²) in [4.78, 5) is 24.6. The van der Waals surface area contributed by atoms with Crippen LogP contribution in [-0.4, -0.2) is 18.4 Å². The zero-order chi connectivity index (χ0) is 23.8. The largest absolute Gasteiger partial charge is 0.488 e. The SMILES string of the molecule is NC(=O)c1ccccc1OCc1cccc(C(=O)NCC(c2ccccc2)c2ccccc2)c1. The summed E-state index contributed by atoms with van der Waals surface area (Å²) in [5.41, 5.74) is 9.39. The van der Waals surface area contributed by atoms with Crippen molar-refractivity contribution >= 4 is 11.8 Å². The molecule has 34 heavy (non-hydrogen) atoms. The first kappa shape index (κ1) is 22.8. The molecule has 5 heteroatoms. The van der Waals surface area contributed by atoms with Gasteiger partial charge in [-0.15, -0.1) is 0 Å². The second kappa shape index (κ2) is 11.0. The monoisotopic (exact) mass is 450 g/mol. The van der Waals surface area contributed by atoms with Crippen molar-refractivity contribution in [3.8, 4) is 5.75 Å². The standard InChI is InChI=1S/C29H26N2O3/c30-28(32)25-16-7-8-17-27(25)34-20-21-10-9-15-24(18-21)29(33)31-19-26(22-11-3-1-4-12-22)23-13-5-2-6-14-23/h1-18,26H,19-20H2,(H2,30,32)(H,31,33). The van der Waals surface area contributed by atoms with Gasteiger partial charge in [0.25, 0.3) is 11.8 Å². The van der Waals surface area contributed by atoms with Crippen molar-refractivity contribution < 1.29 is 14.3 Å². The lowest BCUT2D eigenvalue weighted by Gasteiger charge is -2.19. The molecular formula is C29H26N2O3. The number of hydrogen-bond donors (Lipinski definition) is 2. The van der Waals surface area contributed by atoms with Crippen LogP contribution >= 0.6 is 0 Å². The molecule has 0 radical (unpaired) electrons. The minimum Gasteiger partial charge on any atom is -0.488 e. The number of amides is 2. The molecule has 0 fully saturated rings. The summed E-state index contributed by atoms with van der Waals surface area (Å²) in [7, 11) is 0. The van der Waals surface area contributed by atoms with Gasteiger partial charge in [-0.2, -0.15) is 0 Å². The highest BCUT2D eigenvalue weighted by Gasteiger charge is 2.16. The van der Waals surface area contributed by atoms with Crippen LogP contribution in [0, 0.1) is 0 Å². The number of nitrogens with two attached hydrogens (primary N) is 1. The van der Waals surface area contributed by atoms with E-state index in [2.05, 4.69) is 29.6 Å². The number of carbonyl (C=O) groups excluding carboxylic acids is 2. The molecule has 0 aliphatic rings. The van der Waals surface area contributed by atoms with Gasteiger partial charge in [-0.1, -0.05) is 84.9 Å². The third-order valence-corrected chi connectivity index (χ3v) is 5.61. The molecule has 5 nitrogen and oxygen atoms in total. The Morgan fingerprint density at radius 1 is 0.765 bits per heavy atom. The van der Waals surface area contributed by atoms with E-state index in [4.69, 9.17) is 10.5 Å². The van der Waals surface area contributed by atoms with Crippen molar-refractivity contribution in [1.29, 1.82) is 0 Å². The van der Waals surface area contributed by atoms with Crippen LogP contribution in [0.4, 0.5) is 0 Å². The normalized spacial score (nSPS) is 10.6. The number of carbonyl (C=O) groups is 2. The summed E-state index contributed by atoms with van der Waals surface area (Å²) < 4.78 is 5.80. The van der Waals surface area contributed by atoms with E-state index in [0.29, 0.717) is 23.4 Å². The topological polar surface area (TPSA) is 81.4 Å². The van der Waals surface area contributed by atoms with Crippen LogP contribution in [0.1, 0.15) is 43.3 Å². The molecule has 0 bridgehead atoms. The summed E-state index contributed by atoms with van der Waals surface area (Å²) in [6.45, 7) is 0.682. The third-order valence-electron chi connectivity index (χ3n) is 5.61. The third kappa shape index (κ3) is 5.70. The van der Waals surface area contributed by atoms with Gasteiger partial charge in [0.1, 0.15) is 12.4 Å². The van der Waals surface area contributed by atoms with Gasteiger partial charge in [0, 0.05) is 18.0 Å². The molecule has 170 valence electrons. The minimum absolute atomic E-state index is 0.0446. The van der Waals surface area contributed by atoms with E-state index in [1.807, 2.05) is 48.5 Å². The molecule has 0 aliphatic carbocycles. The first-order chi connectivity index (χ1) is 16.6. The van der Waals surface area contributed by atoms with Crippen LogP contribution in [0.3, 0.4) is 0 Å². The van der Waals surface area contributed by atoms with E-state index < -0.39 is 5.91 Å². The Kier molecular flexibility index (Phi) is 7.35. The van der Waals surface area contributed by atoms with Crippen LogP contribution < -0.4 is 15.8 Å². The highest BCUT2D eigenvalue weighted by atomic mass is 16.5. The Balaban J connectivity index is 1.44. The molecule has 0 saturated carbocycles. The number of ether oxygens (including phenoxy) is 1. The van der Waals surface area contributed by atoms with Crippen LogP contribution in [0.15, 0.2) is 109 Å². The highest BCUT2D eigenvalue weighted by molar-refractivity contribution is 5.95. The quantitative estimate of drug-likeness (QED) is 0.380. The van der Waals surface area contributed by atoms with Crippen molar-refractivity contribution in [2.24, 2.45) is 5.73 Å². The Morgan fingerprint density at radius 2 is 1.38 bits per heavy atom. The first-order valence-corrected chi connectivity index (χ1v) is 11.1. The molecule has 0 spiro atoms. The van der Waals surface area contributed by atoms with Crippen LogP contribution in [0.25, 0.3) is 0 Å². The molecule has 3 N–H and O–H groups in total. The van der Waals surface area contributed by atoms with E-state index >= 15 is 0 Å². The first-order valence-electron chi connectivity index (χ1n) is 11.1. The molecule has 0 heterocycles. The van der Waals surface area contributed by atoms with Gasteiger partial charge in [0.15, 0.2) is 0 Å². The van der Waals surface area contributed by atoms with Crippen molar-refractivity contribution in [3.63, 3.8) is 0 Å². The fourth-order valence-corrected chi connectivity index (χ4v) is 3.86. The van der Waals surface area contributed by atoms with Gasteiger partial charge in [0.2, 0.25) is 0 Å². The fourth-order valence-electron chi connectivity index (χ4n) is 3.86. The number of nitrogens with one attached hydrogen (secondary N) is 1. The smallest absolute Gasteiger partial charge is 0.252 e. The number of benzene rings is 4. The Morgan fingerprint density at radius 3 is 2.03 bits per heavy atom.